The number of aryl methyl sites for hydroxylation is 1. The van der Waals surface area contributed by atoms with Gasteiger partial charge in [-0.1, -0.05) is 6.92 Å². The van der Waals surface area contributed by atoms with E-state index >= 15 is 0 Å². The minimum atomic E-state index is 0.626. The molecule has 98 valence electrons. The predicted molar refractivity (Wildman–Crippen MR) is 76.2 cm³/mol. The minimum absolute atomic E-state index is 0.626. The van der Waals surface area contributed by atoms with E-state index in [4.69, 9.17) is 4.98 Å². The van der Waals surface area contributed by atoms with Gasteiger partial charge in [-0.3, -0.25) is 4.98 Å². The maximum atomic E-state index is 4.74. The Labute approximate surface area is 113 Å². The van der Waals surface area contributed by atoms with Crippen molar-refractivity contribution in [2.45, 2.75) is 32.1 Å². The molecule has 0 spiro atoms. The largest absolute Gasteiger partial charge is 0.373 e. The van der Waals surface area contributed by atoms with Crippen LogP contribution in [0.4, 0.5) is 5.82 Å². The fourth-order valence-electron chi connectivity index (χ4n) is 2.23. The summed E-state index contributed by atoms with van der Waals surface area (Å²) in [7, 11) is 1.90. The molecule has 0 atom stereocenters. The summed E-state index contributed by atoms with van der Waals surface area (Å²) in [5, 5.41) is 3.13. The van der Waals surface area contributed by atoms with Gasteiger partial charge < -0.3 is 5.32 Å². The average Bonchev–Trinajstić information content (AvgIpc) is 3.31. The second-order valence-corrected chi connectivity index (χ2v) is 4.91. The normalized spacial score (nSPS) is 14.4. The van der Waals surface area contributed by atoms with Crippen molar-refractivity contribution in [1.82, 2.24) is 15.0 Å². The summed E-state index contributed by atoms with van der Waals surface area (Å²) < 4.78 is 0. The Morgan fingerprint density at radius 2 is 2.16 bits per heavy atom. The average molecular weight is 254 g/mol. The van der Waals surface area contributed by atoms with Gasteiger partial charge >= 0.3 is 0 Å². The number of hydrogen-bond donors (Lipinski definition) is 1. The number of anilines is 1. The molecule has 19 heavy (non-hydrogen) atoms. The molecule has 2 heterocycles. The van der Waals surface area contributed by atoms with Crippen molar-refractivity contribution in [3.63, 3.8) is 0 Å². The summed E-state index contributed by atoms with van der Waals surface area (Å²) in [6.45, 7) is 2.13. The fraction of sp³-hybridized carbons (Fsp3) is 0.400. The molecular weight excluding hydrogens is 236 g/mol. The first-order chi connectivity index (χ1) is 9.31. The van der Waals surface area contributed by atoms with E-state index in [-0.39, 0.29) is 0 Å². The van der Waals surface area contributed by atoms with Crippen molar-refractivity contribution >= 4 is 5.82 Å². The highest BCUT2D eigenvalue weighted by Gasteiger charge is 2.26. The highest BCUT2D eigenvalue weighted by atomic mass is 15.0. The quantitative estimate of drug-likeness (QED) is 0.911. The minimum Gasteiger partial charge on any atom is -0.373 e. The lowest BCUT2D eigenvalue weighted by molar-refractivity contribution is 0.987. The highest BCUT2D eigenvalue weighted by Crippen LogP contribution is 2.40. The molecule has 1 aliphatic carbocycles. The fourth-order valence-corrected chi connectivity index (χ4v) is 2.23. The standard InChI is InChI=1S/C15H18N4/c1-3-10-9-17-7-6-12(10)15-18-13(11-4-5-11)8-14(16-2)19-15/h6-9,11H,3-5H2,1-2H3,(H,16,18,19). The molecule has 4 nitrogen and oxygen atoms in total. The van der Waals surface area contributed by atoms with Gasteiger partial charge in [0.05, 0.1) is 0 Å². The summed E-state index contributed by atoms with van der Waals surface area (Å²) >= 11 is 0. The monoisotopic (exact) mass is 254 g/mol. The molecule has 0 unspecified atom stereocenters. The predicted octanol–water partition coefficient (Wildman–Crippen LogP) is 3.02. The smallest absolute Gasteiger partial charge is 0.162 e. The van der Waals surface area contributed by atoms with Gasteiger partial charge in [0, 0.05) is 42.7 Å². The van der Waals surface area contributed by atoms with Crippen molar-refractivity contribution in [3.05, 3.63) is 35.8 Å². The van der Waals surface area contributed by atoms with Gasteiger partial charge in [-0.05, 0) is 30.9 Å². The van der Waals surface area contributed by atoms with E-state index < -0.39 is 0 Å². The van der Waals surface area contributed by atoms with E-state index in [0.29, 0.717) is 5.92 Å². The second kappa shape index (κ2) is 4.96. The van der Waals surface area contributed by atoms with Crippen LogP contribution in [0.25, 0.3) is 11.4 Å². The van der Waals surface area contributed by atoms with Gasteiger partial charge in [0.2, 0.25) is 0 Å². The lowest BCUT2D eigenvalue weighted by Gasteiger charge is -2.09. The summed E-state index contributed by atoms with van der Waals surface area (Å²) in [6, 6.07) is 4.07. The SMILES string of the molecule is CCc1cnccc1-c1nc(NC)cc(C2CC2)n1. The Kier molecular flexibility index (Phi) is 3.15. The third-order valence-electron chi connectivity index (χ3n) is 3.52. The molecule has 0 amide bonds. The van der Waals surface area contributed by atoms with E-state index in [1.54, 1.807) is 6.20 Å². The molecule has 1 saturated carbocycles. The van der Waals surface area contributed by atoms with Gasteiger partial charge in [-0.2, -0.15) is 0 Å². The Balaban J connectivity index is 2.10. The molecule has 2 aromatic heterocycles. The van der Waals surface area contributed by atoms with Crippen LogP contribution in [0.1, 0.15) is 36.9 Å². The first-order valence-electron chi connectivity index (χ1n) is 6.81. The molecule has 0 aromatic carbocycles. The Hall–Kier alpha value is -1.97. The second-order valence-electron chi connectivity index (χ2n) is 4.91. The van der Waals surface area contributed by atoms with Gasteiger partial charge in [0.1, 0.15) is 5.82 Å². The van der Waals surface area contributed by atoms with Gasteiger partial charge in [-0.15, -0.1) is 0 Å². The van der Waals surface area contributed by atoms with E-state index in [2.05, 4.69) is 28.3 Å². The summed E-state index contributed by atoms with van der Waals surface area (Å²) in [5.74, 6) is 2.33. The maximum Gasteiger partial charge on any atom is 0.162 e. The van der Waals surface area contributed by atoms with Crippen LogP contribution in [-0.2, 0) is 6.42 Å². The lowest BCUT2D eigenvalue weighted by atomic mass is 10.1. The zero-order valence-electron chi connectivity index (χ0n) is 11.3. The van der Waals surface area contributed by atoms with Crippen LogP contribution in [0.15, 0.2) is 24.5 Å². The summed E-state index contributed by atoms with van der Waals surface area (Å²) in [5.41, 5.74) is 3.45. The van der Waals surface area contributed by atoms with Crippen LogP contribution in [0.5, 0.6) is 0 Å². The van der Waals surface area contributed by atoms with Crippen LogP contribution < -0.4 is 5.32 Å². The summed E-state index contributed by atoms with van der Waals surface area (Å²) in [4.78, 5) is 13.5. The number of nitrogens with one attached hydrogen (secondary N) is 1. The molecule has 1 fully saturated rings. The number of rotatable bonds is 4. The van der Waals surface area contributed by atoms with Crippen molar-refractivity contribution in [1.29, 1.82) is 0 Å². The molecule has 0 radical (unpaired) electrons. The number of aromatic nitrogens is 3. The summed E-state index contributed by atoms with van der Waals surface area (Å²) in [6.07, 6.45) is 7.14. The molecule has 1 N–H and O–H groups in total. The highest BCUT2D eigenvalue weighted by molar-refractivity contribution is 5.61. The zero-order chi connectivity index (χ0) is 13.2. The van der Waals surface area contributed by atoms with Crippen molar-refractivity contribution in [2.24, 2.45) is 0 Å². The Morgan fingerprint density at radius 1 is 1.32 bits per heavy atom. The van der Waals surface area contributed by atoms with E-state index in [1.807, 2.05) is 19.3 Å². The molecule has 3 rings (SSSR count). The van der Waals surface area contributed by atoms with Gasteiger partial charge in [0.25, 0.3) is 0 Å². The van der Waals surface area contributed by atoms with E-state index in [9.17, 15) is 0 Å². The van der Waals surface area contributed by atoms with E-state index in [0.717, 1.165) is 29.3 Å². The topological polar surface area (TPSA) is 50.7 Å². The van der Waals surface area contributed by atoms with Crippen LogP contribution in [0.3, 0.4) is 0 Å². The van der Waals surface area contributed by atoms with Crippen LogP contribution in [-0.4, -0.2) is 22.0 Å². The van der Waals surface area contributed by atoms with Crippen molar-refractivity contribution in [3.8, 4) is 11.4 Å². The van der Waals surface area contributed by atoms with Crippen LogP contribution >= 0.6 is 0 Å². The maximum absolute atomic E-state index is 4.74. The van der Waals surface area contributed by atoms with Crippen LogP contribution in [0.2, 0.25) is 0 Å². The molecule has 0 bridgehead atoms. The molecule has 4 heteroatoms. The first-order valence-corrected chi connectivity index (χ1v) is 6.81. The van der Waals surface area contributed by atoms with Gasteiger partial charge in [0.15, 0.2) is 5.82 Å². The Morgan fingerprint density at radius 3 is 2.84 bits per heavy atom. The number of hydrogen-bond acceptors (Lipinski definition) is 4. The molecule has 0 saturated heterocycles. The van der Waals surface area contributed by atoms with Gasteiger partial charge in [-0.25, -0.2) is 9.97 Å². The van der Waals surface area contributed by atoms with Crippen LogP contribution in [0, 0.1) is 0 Å². The Bertz CT molecular complexity index is 590. The molecule has 1 aliphatic rings. The molecule has 2 aromatic rings. The number of pyridine rings is 1. The van der Waals surface area contributed by atoms with Crippen molar-refractivity contribution < 1.29 is 0 Å². The zero-order valence-corrected chi connectivity index (χ0v) is 11.3. The third-order valence-corrected chi connectivity index (χ3v) is 3.52. The van der Waals surface area contributed by atoms with E-state index in [1.165, 1.54) is 18.4 Å². The van der Waals surface area contributed by atoms with Crippen molar-refractivity contribution in [2.75, 3.05) is 12.4 Å². The number of nitrogens with zero attached hydrogens (tertiary/aromatic N) is 3. The lowest BCUT2D eigenvalue weighted by Crippen LogP contribution is -2.02. The molecular formula is C15H18N4. The third kappa shape index (κ3) is 2.43. The first kappa shape index (κ1) is 12.1. The molecule has 0 aliphatic heterocycles.